The highest BCUT2D eigenvalue weighted by Crippen LogP contribution is 2.36. The van der Waals surface area contributed by atoms with Crippen molar-refractivity contribution in [2.45, 2.75) is 81.8 Å². The summed E-state index contributed by atoms with van der Waals surface area (Å²) in [5.41, 5.74) is 2.46. The Hall–Kier alpha value is -3.24. The van der Waals surface area contributed by atoms with E-state index < -0.39 is 0 Å². The average molecular weight is 504 g/mol. The topological polar surface area (TPSA) is 117 Å². The lowest BCUT2D eigenvalue weighted by molar-refractivity contribution is 0.0303. The van der Waals surface area contributed by atoms with Crippen molar-refractivity contribution in [3.63, 3.8) is 0 Å². The first kappa shape index (κ1) is 22.9. The van der Waals surface area contributed by atoms with Gasteiger partial charge in [0.25, 0.3) is 0 Å². The van der Waals surface area contributed by atoms with Crippen LogP contribution in [0.15, 0.2) is 30.5 Å². The number of hydrogen-bond donors (Lipinski definition) is 3. The fourth-order valence-electron chi connectivity index (χ4n) is 5.92. The van der Waals surface area contributed by atoms with Crippen molar-refractivity contribution in [1.29, 1.82) is 0 Å². The number of aromatic nitrogens is 4. The average Bonchev–Trinajstić information content (AvgIpc) is 3.51. The highest BCUT2D eigenvalue weighted by Gasteiger charge is 2.36. The minimum Gasteiger partial charge on any atom is -0.393 e. The van der Waals surface area contributed by atoms with Gasteiger partial charge in [-0.15, -0.1) is 0 Å². The number of aliphatic hydroxyl groups is 1. The number of aliphatic hydroxyl groups excluding tert-OH is 1. The van der Waals surface area contributed by atoms with Crippen LogP contribution in [0.3, 0.4) is 0 Å². The molecule has 7 rings (SSSR count). The molecule has 2 unspecified atom stereocenters. The fourth-order valence-corrected chi connectivity index (χ4v) is 5.92. The predicted octanol–water partition coefficient (Wildman–Crippen LogP) is 3.62. The number of ether oxygens (including phenoxy) is 1. The molecule has 194 valence electrons. The normalized spacial score (nSPS) is 27.4. The maximum Gasteiger partial charge on any atom is 0.319 e. The third kappa shape index (κ3) is 4.64. The van der Waals surface area contributed by atoms with Crippen LogP contribution in [0.2, 0.25) is 0 Å². The Bertz CT molecular complexity index is 1290. The van der Waals surface area contributed by atoms with Crippen LogP contribution in [-0.2, 0) is 4.74 Å². The number of urea groups is 1. The van der Waals surface area contributed by atoms with Gasteiger partial charge in [0.1, 0.15) is 5.82 Å². The Balaban J connectivity index is 1.23. The molecule has 3 aromatic rings. The molecule has 0 radical (unpaired) electrons. The second-order valence-corrected chi connectivity index (χ2v) is 11.0. The van der Waals surface area contributed by atoms with E-state index in [0.29, 0.717) is 11.9 Å². The van der Waals surface area contributed by atoms with E-state index >= 15 is 0 Å². The molecule has 10 nitrogen and oxygen atoms in total. The molecule has 0 spiro atoms. The molecular formula is C27H33N7O3. The summed E-state index contributed by atoms with van der Waals surface area (Å²) >= 11 is 0. The number of amides is 2. The van der Waals surface area contributed by atoms with Crippen molar-refractivity contribution in [1.82, 2.24) is 25.1 Å². The molecule has 2 aromatic heterocycles. The predicted molar refractivity (Wildman–Crippen MR) is 140 cm³/mol. The third-order valence-electron chi connectivity index (χ3n) is 8.10. The minimum absolute atomic E-state index is 0.168. The van der Waals surface area contributed by atoms with Crippen LogP contribution < -0.4 is 15.5 Å². The molecule has 37 heavy (non-hydrogen) atoms. The number of carbonyl (C=O) groups excluding carboxylic acids is 1. The van der Waals surface area contributed by atoms with E-state index in [-0.39, 0.29) is 30.4 Å². The molecule has 4 heterocycles. The van der Waals surface area contributed by atoms with E-state index in [1.807, 2.05) is 35.1 Å². The van der Waals surface area contributed by atoms with Gasteiger partial charge in [-0.3, -0.25) is 0 Å². The van der Waals surface area contributed by atoms with E-state index in [9.17, 15) is 9.90 Å². The first-order valence-corrected chi connectivity index (χ1v) is 13.6. The van der Waals surface area contributed by atoms with Crippen LogP contribution in [0.4, 0.5) is 16.3 Å². The summed E-state index contributed by atoms with van der Waals surface area (Å²) in [6, 6.07) is 8.06. The number of anilines is 2. The zero-order valence-corrected chi connectivity index (χ0v) is 20.8. The van der Waals surface area contributed by atoms with Crippen molar-refractivity contribution < 1.29 is 14.6 Å². The summed E-state index contributed by atoms with van der Waals surface area (Å²) in [6.45, 7) is 1.64. The van der Waals surface area contributed by atoms with Gasteiger partial charge in [-0.2, -0.15) is 5.10 Å². The lowest BCUT2D eigenvalue weighted by Crippen LogP contribution is -2.43. The third-order valence-corrected chi connectivity index (χ3v) is 8.10. The van der Waals surface area contributed by atoms with Crippen molar-refractivity contribution in [2.24, 2.45) is 0 Å². The Morgan fingerprint density at radius 3 is 2.38 bits per heavy atom. The number of fused-ring (bicyclic) bond motifs is 3. The molecule has 2 saturated heterocycles. The lowest BCUT2D eigenvalue weighted by Gasteiger charge is -2.33. The molecule has 4 aliphatic rings. The van der Waals surface area contributed by atoms with Crippen molar-refractivity contribution in [2.75, 3.05) is 23.3 Å². The monoisotopic (exact) mass is 503 g/mol. The van der Waals surface area contributed by atoms with E-state index in [1.54, 1.807) is 0 Å². The number of carbonyl (C=O) groups is 1. The minimum atomic E-state index is -0.221. The summed E-state index contributed by atoms with van der Waals surface area (Å²) in [5, 5.41) is 21.6. The first-order valence-electron chi connectivity index (χ1n) is 13.6. The summed E-state index contributed by atoms with van der Waals surface area (Å²) < 4.78 is 8.13. The van der Waals surface area contributed by atoms with E-state index in [1.165, 1.54) is 0 Å². The number of hydrogen-bond acceptors (Lipinski definition) is 7. The molecule has 2 saturated carbocycles. The van der Waals surface area contributed by atoms with Gasteiger partial charge < -0.3 is 25.4 Å². The number of nitrogens with zero attached hydrogens (tertiary/aromatic N) is 5. The molecule has 1 aromatic carbocycles. The van der Waals surface area contributed by atoms with Crippen LogP contribution in [0.1, 0.15) is 57.4 Å². The maximum atomic E-state index is 12.1. The Morgan fingerprint density at radius 2 is 1.68 bits per heavy atom. The molecule has 2 aliphatic heterocycles. The smallest absolute Gasteiger partial charge is 0.319 e. The molecule has 3 N–H and O–H groups in total. The van der Waals surface area contributed by atoms with E-state index in [2.05, 4.69) is 15.5 Å². The Labute approximate surface area is 215 Å². The number of benzene rings is 1. The van der Waals surface area contributed by atoms with Crippen molar-refractivity contribution in [3.8, 4) is 11.4 Å². The molecule has 2 amide bonds. The Kier molecular flexibility index (Phi) is 5.73. The van der Waals surface area contributed by atoms with Crippen LogP contribution in [0.25, 0.3) is 22.4 Å². The van der Waals surface area contributed by atoms with Gasteiger partial charge in [0.2, 0.25) is 0 Å². The second-order valence-electron chi connectivity index (χ2n) is 11.0. The van der Waals surface area contributed by atoms with Crippen LogP contribution in [-0.4, -0.2) is 68.3 Å². The summed E-state index contributed by atoms with van der Waals surface area (Å²) in [6.07, 6.45) is 9.80. The first-order chi connectivity index (χ1) is 18.1. The molecule has 2 aliphatic carbocycles. The highest BCUT2D eigenvalue weighted by atomic mass is 16.5. The van der Waals surface area contributed by atoms with Gasteiger partial charge >= 0.3 is 6.03 Å². The molecule has 4 fully saturated rings. The zero-order chi connectivity index (χ0) is 24.9. The van der Waals surface area contributed by atoms with Gasteiger partial charge in [-0.25, -0.2) is 19.4 Å². The lowest BCUT2D eigenvalue weighted by atomic mass is 9.93. The summed E-state index contributed by atoms with van der Waals surface area (Å²) in [7, 11) is 0. The zero-order valence-electron chi connectivity index (χ0n) is 20.8. The van der Waals surface area contributed by atoms with Gasteiger partial charge in [0.05, 0.1) is 35.9 Å². The SMILES string of the molecule is O=C(Nc1ccc(-c2nc(N3CC4CCC(C3)O4)c3cnn([C@H]4CC[C@@H](O)CC4)c3n2)cc1)NC1CC1. The molecule has 2 atom stereocenters. The molecular weight excluding hydrogens is 470 g/mol. The van der Waals surface area contributed by atoms with E-state index in [4.69, 9.17) is 19.8 Å². The van der Waals surface area contributed by atoms with Crippen LogP contribution in [0, 0.1) is 0 Å². The quantitative estimate of drug-likeness (QED) is 0.487. The number of rotatable bonds is 5. The molecule has 10 heteroatoms. The van der Waals surface area contributed by atoms with Crippen LogP contribution >= 0.6 is 0 Å². The maximum absolute atomic E-state index is 12.1. The number of morpholine rings is 1. The fraction of sp³-hybridized carbons (Fsp3) is 0.556. The standard InChI is InChI=1S/C27H33N7O3/c35-20-9-7-19(8-10-20)34-26-23(13-28-34)25(33-14-21-11-12-22(15-33)37-21)31-24(32-26)16-1-3-17(4-2-16)29-27(36)30-18-5-6-18/h1-4,13,18-22,35H,5-12,14-15H2,(H2,29,30,36)/t19-,20+,21?,22?. The highest BCUT2D eigenvalue weighted by molar-refractivity contribution is 5.91. The van der Waals surface area contributed by atoms with Gasteiger partial charge in [-0.1, -0.05) is 0 Å². The van der Waals surface area contributed by atoms with Gasteiger partial charge in [0.15, 0.2) is 11.5 Å². The Morgan fingerprint density at radius 1 is 0.946 bits per heavy atom. The van der Waals surface area contributed by atoms with Crippen molar-refractivity contribution in [3.05, 3.63) is 30.5 Å². The van der Waals surface area contributed by atoms with Crippen molar-refractivity contribution >= 4 is 28.6 Å². The van der Waals surface area contributed by atoms with E-state index in [0.717, 1.165) is 92.6 Å². The molecule has 2 bridgehead atoms. The van der Waals surface area contributed by atoms with Gasteiger partial charge in [-0.05, 0) is 75.6 Å². The largest absolute Gasteiger partial charge is 0.393 e. The second kappa shape index (κ2) is 9.25. The number of nitrogens with one attached hydrogen (secondary N) is 2. The van der Waals surface area contributed by atoms with Crippen LogP contribution in [0.5, 0.6) is 0 Å². The summed E-state index contributed by atoms with van der Waals surface area (Å²) in [5.74, 6) is 1.56. The van der Waals surface area contributed by atoms with Gasteiger partial charge in [0, 0.05) is 30.4 Å². The summed E-state index contributed by atoms with van der Waals surface area (Å²) in [4.78, 5) is 24.6.